The largest absolute Gasteiger partial charge is 0.472 e. The maximum atomic E-state index is 5.16. The molecule has 0 radical (unpaired) electrons. The van der Waals surface area contributed by atoms with Crippen molar-refractivity contribution in [1.29, 1.82) is 0 Å². The van der Waals surface area contributed by atoms with Gasteiger partial charge < -0.3 is 14.6 Å². The van der Waals surface area contributed by atoms with Crippen molar-refractivity contribution in [3.8, 4) is 11.1 Å². The lowest BCUT2D eigenvalue weighted by Gasteiger charge is -2.29. The lowest BCUT2D eigenvalue weighted by atomic mass is 10.1. The molecule has 0 amide bonds. The third-order valence-corrected chi connectivity index (χ3v) is 2.97. The van der Waals surface area contributed by atoms with Crippen LogP contribution < -0.4 is 10.2 Å². The van der Waals surface area contributed by atoms with E-state index in [1.165, 1.54) is 16.8 Å². The SMILES string of the molecule is c1cc2c(N3CCNCC3)ccc-2co1. The lowest BCUT2D eigenvalue weighted by molar-refractivity contribution is 0.551. The van der Waals surface area contributed by atoms with Crippen molar-refractivity contribution < 1.29 is 4.42 Å². The second-order valence-corrected chi connectivity index (χ2v) is 3.88. The maximum absolute atomic E-state index is 5.16. The zero-order valence-corrected chi connectivity index (χ0v) is 8.57. The number of nitrogens with zero attached hydrogens (tertiary/aromatic N) is 1. The van der Waals surface area contributed by atoms with E-state index in [0.29, 0.717) is 0 Å². The molecule has 2 aliphatic heterocycles. The Morgan fingerprint density at radius 2 is 2.00 bits per heavy atom. The van der Waals surface area contributed by atoms with Crippen molar-refractivity contribution in [1.82, 2.24) is 5.32 Å². The predicted octanol–water partition coefficient (Wildman–Crippen LogP) is 1.79. The van der Waals surface area contributed by atoms with Crippen molar-refractivity contribution >= 4 is 5.69 Å². The molecular formula is C12H14N2O. The topological polar surface area (TPSA) is 28.4 Å². The summed E-state index contributed by atoms with van der Waals surface area (Å²) in [6.07, 6.45) is 3.55. The molecule has 0 bridgehead atoms. The van der Waals surface area contributed by atoms with Crippen molar-refractivity contribution in [3.05, 3.63) is 30.7 Å². The van der Waals surface area contributed by atoms with E-state index >= 15 is 0 Å². The highest BCUT2D eigenvalue weighted by Crippen LogP contribution is 2.34. The van der Waals surface area contributed by atoms with E-state index in [9.17, 15) is 0 Å². The Balaban J connectivity index is 1.97. The van der Waals surface area contributed by atoms with Gasteiger partial charge in [0.25, 0.3) is 0 Å². The Bertz CT molecular complexity index is 418. The molecule has 3 nitrogen and oxygen atoms in total. The fourth-order valence-corrected chi connectivity index (χ4v) is 2.18. The van der Waals surface area contributed by atoms with Gasteiger partial charge in [0, 0.05) is 43.0 Å². The van der Waals surface area contributed by atoms with Gasteiger partial charge in [-0.1, -0.05) is 0 Å². The average Bonchev–Trinajstić information content (AvgIpc) is 2.74. The number of rotatable bonds is 1. The van der Waals surface area contributed by atoms with E-state index in [4.69, 9.17) is 4.42 Å². The lowest BCUT2D eigenvalue weighted by Crippen LogP contribution is -2.43. The summed E-state index contributed by atoms with van der Waals surface area (Å²) in [5.74, 6) is 0. The summed E-state index contributed by atoms with van der Waals surface area (Å²) in [5.41, 5.74) is 3.82. The molecule has 3 heteroatoms. The van der Waals surface area contributed by atoms with E-state index in [2.05, 4.69) is 22.3 Å². The first-order valence-electron chi connectivity index (χ1n) is 5.36. The first-order chi connectivity index (χ1) is 7.45. The van der Waals surface area contributed by atoms with Crippen molar-refractivity contribution in [2.24, 2.45) is 0 Å². The summed E-state index contributed by atoms with van der Waals surface area (Å²) in [5, 5.41) is 3.36. The molecular weight excluding hydrogens is 188 g/mol. The summed E-state index contributed by atoms with van der Waals surface area (Å²) in [6, 6.07) is 6.36. The van der Waals surface area contributed by atoms with E-state index in [0.717, 1.165) is 26.2 Å². The molecule has 0 aromatic heterocycles. The van der Waals surface area contributed by atoms with Crippen LogP contribution in [0.5, 0.6) is 0 Å². The molecule has 3 aliphatic rings. The molecule has 1 saturated heterocycles. The van der Waals surface area contributed by atoms with Crippen LogP contribution in [0.2, 0.25) is 0 Å². The third-order valence-electron chi connectivity index (χ3n) is 2.97. The molecule has 3 rings (SSSR count). The average molecular weight is 202 g/mol. The van der Waals surface area contributed by atoms with Crippen LogP contribution in [-0.2, 0) is 0 Å². The van der Waals surface area contributed by atoms with Crippen LogP contribution in [0.1, 0.15) is 0 Å². The molecule has 0 spiro atoms. The van der Waals surface area contributed by atoms with Crippen molar-refractivity contribution in [3.63, 3.8) is 0 Å². The minimum atomic E-state index is 1.07. The smallest absolute Gasteiger partial charge is 0.0980 e. The predicted molar refractivity (Wildman–Crippen MR) is 60.4 cm³/mol. The van der Waals surface area contributed by atoms with Gasteiger partial charge in [0.15, 0.2) is 0 Å². The Kier molecular flexibility index (Phi) is 2.10. The molecule has 0 atom stereocenters. The summed E-state index contributed by atoms with van der Waals surface area (Å²) >= 11 is 0. The number of fused-ring (bicyclic) bond motifs is 1. The normalized spacial score (nSPS) is 17.2. The first kappa shape index (κ1) is 8.80. The second kappa shape index (κ2) is 3.59. The number of nitrogens with one attached hydrogen (secondary N) is 1. The van der Waals surface area contributed by atoms with Gasteiger partial charge in [-0.05, 0) is 18.2 Å². The molecule has 0 unspecified atom stereocenters. The number of hydrogen-bond acceptors (Lipinski definition) is 3. The standard InChI is InChI=1S/C12H14N2O/c1-2-12(14-6-4-13-5-7-14)11-3-8-15-9-10(1)11/h1-3,8-9,13H,4-7H2. The molecule has 15 heavy (non-hydrogen) atoms. The highest BCUT2D eigenvalue weighted by molar-refractivity contribution is 5.81. The molecule has 2 heterocycles. The fraction of sp³-hybridized carbons (Fsp3) is 0.333. The minimum absolute atomic E-state index is 1.07. The van der Waals surface area contributed by atoms with E-state index in [-0.39, 0.29) is 0 Å². The second-order valence-electron chi connectivity index (χ2n) is 3.88. The molecule has 1 aliphatic carbocycles. The fourth-order valence-electron chi connectivity index (χ4n) is 2.18. The van der Waals surface area contributed by atoms with Crippen LogP contribution in [0.4, 0.5) is 5.69 Å². The zero-order chi connectivity index (χ0) is 10.1. The van der Waals surface area contributed by atoms with Gasteiger partial charge in [-0.15, -0.1) is 0 Å². The van der Waals surface area contributed by atoms with Crippen molar-refractivity contribution in [2.75, 3.05) is 31.1 Å². The van der Waals surface area contributed by atoms with E-state index in [1.807, 2.05) is 6.07 Å². The van der Waals surface area contributed by atoms with Crippen LogP contribution in [0, 0.1) is 0 Å². The van der Waals surface area contributed by atoms with Crippen LogP contribution in [0.15, 0.2) is 35.1 Å². The van der Waals surface area contributed by atoms with Crippen LogP contribution in [0.25, 0.3) is 11.1 Å². The Labute approximate surface area is 89.0 Å². The van der Waals surface area contributed by atoms with E-state index in [1.54, 1.807) is 12.5 Å². The summed E-state index contributed by atoms with van der Waals surface area (Å²) in [4.78, 5) is 2.43. The molecule has 1 fully saturated rings. The molecule has 0 saturated carbocycles. The van der Waals surface area contributed by atoms with Crippen LogP contribution >= 0.6 is 0 Å². The summed E-state index contributed by atoms with van der Waals surface area (Å²) in [6.45, 7) is 4.32. The van der Waals surface area contributed by atoms with Crippen LogP contribution in [0.3, 0.4) is 0 Å². The van der Waals surface area contributed by atoms with Gasteiger partial charge in [-0.3, -0.25) is 0 Å². The third kappa shape index (κ3) is 1.49. The van der Waals surface area contributed by atoms with Crippen LogP contribution in [-0.4, -0.2) is 26.2 Å². The van der Waals surface area contributed by atoms with E-state index < -0.39 is 0 Å². The summed E-state index contributed by atoms with van der Waals surface area (Å²) in [7, 11) is 0. The highest BCUT2D eigenvalue weighted by atomic mass is 16.3. The highest BCUT2D eigenvalue weighted by Gasteiger charge is 2.16. The summed E-state index contributed by atoms with van der Waals surface area (Å²) < 4.78 is 5.16. The Morgan fingerprint density at radius 3 is 2.87 bits per heavy atom. The minimum Gasteiger partial charge on any atom is -0.472 e. The Morgan fingerprint density at radius 1 is 1.13 bits per heavy atom. The monoisotopic (exact) mass is 202 g/mol. The molecule has 78 valence electrons. The maximum Gasteiger partial charge on any atom is 0.0980 e. The van der Waals surface area contributed by atoms with Crippen molar-refractivity contribution in [2.45, 2.75) is 0 Å². The van der Waals surface area contributed by atoms with Gasteiger partial charge in [-0.25, -0.2) is 0 Å². The number of anilines is 1. The molecule has 1 N–H and O–H groups in total. The van der Waals surface area contributed by atoms with Gasteiger partial charge in [0.1, 0.15) is 0 Å². The van der Waals surface area contributed by atoms with Gasteiger partial charge in [0.05, 0.1) is 12.5 Å². The molecule has 0 aromatic rings. The quantitative estimate of drug-likeness (QED) is 0.764. The van der Waals surface area contributed by atoms with Gasteiger partial charge in [0.2, 0.25) is 0 Å². The Hall–Kier alpha value is -1.48. The number of hydrogen-bond donors (Lipinski definition) is 1. The van der Waals surface area contributed by atoms with Gasteiger partial charge in [-0.2, -0.15) is 0 Å². The van der Waals surface area contributed by atoms with Gasteiger partial charge >= 0.3 is 0 Å². The number of piperazine rings is 1. The first-order valence-corrected chi connectivity index (χ1v) is 5.36. The molecule has 0 aromatic carbocycles. The zero-order valence-electron chi connectivity index (χ0n) is 8.57.